The lowest BCUT2D eigenvalue weighted by Gasteiger charge is -2.31. The third kappa shape index (κ3) is 3.61. The second-order valence-electron chi connectivity index (χ2n) is 8.35. The number of benzene rings is 2. The predicted molar refractivity (Wildman–Crippen MR) is 113 cm³/mol. The fourth-order valence-corrected chi connectivity index (χ4v) is 4.57. The highest BCUT2D eigenvalue weighted by molar-refractivity contribution is 6.11. The van der Waals surface area contributed by atoms with E-state index in [0.29, 0.717) is 23.5 Å². The third-order valence-corrected chi connectivity index (χ3v) is 6.13. The Kier molecular flexibility index (Phi) is 5.28. The van der Waals surface area contributed by atoms with Gasteiger partial charge in [-0.25, -0.2) is 0 Å². The summed E-state index contributed by atoms with van der Waals surface area (Å²) >= 11 is 0. The molecule has 2 aliphatic rings. The van der Waals surface area contributed by atoms with Crippen molar-refractivity contribution in [2.24, 2.45) is 0 Å². The molecule has 4 rings (SSSR count). The highest BCUT2D eigenvalue weighted by Gasteiger charge is 2.51. The van der Waals surface area contributed by atoms with Crippen LogP contribution in [0.25, 0.3) is 0 Å². The van der Waals surface area contributed by atoms with Crippen LogP contribution in [-0.4, -0.2) is 41.5 Å². The largest absolute Gasteiger partial charge is 0.375 e. The quantitative estimate of drug-likeness (QED) is 0.791. The van der Waals surface area contributed by atoms with E-state index in [1.807, 2.05) is 44.2 Å². The Morgan fingerprint density at radius 3 is 2.52 bits per heavy atom. The Morgan fingerprint density at radius 2 is 1.79 bits per heavy atom. The molecule has 2 aromatic carbocycles. The molecule has 0 radical (unpaired) electrons. The minimum atomic E-state index is -1.82. The van der Waals surface area contributed by atoms with Crippen molar-refractivity contribution in [3.05, 3.63) is 64.7 Å². The number of hydrogen-bond acceptors (Lipinski definition) is 4. The first-order chi connectivity index (χ1) is 13.9. The van der Waals surface area contributed by atoms with Crippen LogP contribution in [0.15, 0.2) is 42.5 Å². The van der Waals surface area contributed by atoms with E-state index in [1.54, 1.807) is 17.0 Å². The highest BCUT2D eigenvalue weighted by atomic mass is 16.3. The van der Waals surface area contributed by atoms with Crippen LogP contribution in [0.2, 0.25) is 0 Å². The number of ketones is 1. The molecule has 0 aromatic heterocycles. The number of aliphatic hydroxyl groups is 1. The Morgan fingerprint density at radius 1 is 1.07 bits per heavy atom. The molecule has 152 valence electrons. The van der Waals surface area contributed by atoms with E-state index in [2.05, 4.69) is 4.90 Å². The maximum Gasteiger partial charge on any atom is 0.265 e. The summed E-state index contributed by atoms with van der Waals surface area (Å²) in [6, 6.07) is 12.9. The number of likely N-dealkylation sites (tertiary alicyclic amines) is 1. The number of aryl methyl sites for hydroxylation is 2. The summed E-state index contributed by atoms with van der Waals surface area (Å²) in [6.45, 7) is 6.22. The molecule has 5 nitrogen and oxygen atoms in total. The Balaban J connectivity index is 1.63. The first-order valence-electron chi connectivity index (χ1n) is 10.4. The summed E-state index contributed by atoms with van der Waals surface area (Å²) in [7, 11) is 0. The molecule has 1 saturated heterocycles. The molecule has 0 aliphatic carbocycles. The van der Waals surface area contributed by atoms with Crippen molar-refractivity contribution in [1.82, 2.24) is 4.90 Å². The van der Waals surface area contributed by atoms with Gasteiger partial charge >= 0.3 is 0 Å². The van der Waals surface area contributed by atoms with E-state index >= 15 is 0 Å². The van der Waals surface area contributed by atoms with E-state index in [4.69, 9.17) is 0 Å². The predicted octanol–water partition coefficient (Wildman–Crippen LogP) is 3.55. The second kappa shape index (κ2) is 7.73. The molecule has 1 fully saturated rings. The summed E-state index contributed by atoms with van der Waals surface area (Å²) in [5, 5.41) is 11.5. The van der Waals surface area contributed by atoms with E-state index in [9.17, 15) is 14.7 Å². The second-order valence-corrected chi connectivity index (χ2v) is 8.35. The molecule has 1 amide bonds. The summed E-state index contributed by atoms with van der Waals surface area (Å²) in [6.07, 6.45) is 3.22. The molecule has 29 heavy (non-hydrogen) atoms. The fourth-order valence-electron chi connectivity index (χ4n) is 4.57. The Hall–Kier alpha value is -2.50. The number of para-hydroxylation sites is 1. The van der Waals surface area contributed by atoms with Crippen molar-refractivity contribution in [1.29, 1.82) is 0 Å². The van der Waals surface area contributed by atoms with Gasteiger partial charge in [0.1, 0.15) is 0 Å². The van der Waals surface area contributed by atoms with Crippen LogP contribution >= 0.6 is 0 Å². The van der Waals surface area contributed by atoms with Crippen molar-refractivity contribution in [3.8, 4) is 0 Å². The van der Waals surface area contributed by atoms with Crippen molar-refractivity contribution < 1.29 is 14.7 Å². The zero-order valence-electron chi connectivity index (χ0n) is 17.1. The average molecular weight is 392 g/mol. The van der Waals surface area contributed by atoms with Gasteiger partial charge in [0, 0.05) is 11.1 Å². The zero-order valence-corrected chi connectivity index (χ0v) is 17.1. The Labute approximate surface area is 171 Å². The number of fused-ring (bicyclic) bond motifs is 1. The van der Waals surface area contributed by atoms with Crippen molar-refractivity contribution in [3.63, 3.8) is 0 Å². The summed E-state index contributed by atoms with van der Waals surface area (Å²) < 4.78 is 0. The van der Waals surface area contributed by atoms with Crippen LogP contribution in [0.5, 0.6) is 0 Å². The number of Topliss-reactive ketones (excluding diaryl/α,β-unsaturated/α-hetero) is 1. The number of nitrogens with zero attached hydrogens (tertiary/aromatic N) is 2. The van der Waals surface area contributed by atoms with Gasteiger partial charge in [0.15, 0.2) is 11.4 Å². The fraction of sp³-hybridized carbons (Fsp3) is 0.417. The Bertz CT molecular complexity index is 949. The normalized spacial score (nSPS) is 22.0. The first-order valence-corrected chi connectivity index (χ1v) is 10.4. The van der Waals surface area contributed by atoms with E-state index in [-0.39, 0.29) is 12.2 Å². The number of carbonyl (C=O) groups excluding carboxylic acids is 2. The molecule has 0 bridgehead atoms. The van der Waals surface area contributed by atoms with Gasteiger partial charge in [-0.2, -0.15) is 0 Å². The van der Waals surface area contributed by atoms with Gasteiger partial charge in [0.05, 0.1) is 18.8 Å². The van der Waals surface area contributed by atoms with Gasteiger partial charge in [-0.15, -0.1) is 0 Å². The van der Waals surface area contributed by atoms with Crippen LogP contribution in [0.4, 0.5) is 5.69 Å². The molecule has 1 atom stereocenters. The molecular formula is C24H28N2O3. The highest BCUT2D eigenvalue weighted by Crippen LogP contribution is 2.43. The minimum absolute atomic E-state index is 0.215. The number of rotatable bonds is 5. The molecule has 2 heterocycles. The van der Waals surface area contributed by atoms with Crippen LogP contribution in [0.3, 0.4) is 0 Å². The summed E-state index contributed by atoms with van der Waals surface area (Å²) in [5.41, 5.74) is 1.92. The molecule has 5 heteroatoms. The summed E-state index contributed by atoms with van der Waals surface area (Å²) in [5.74, 6) is -0.615. The number of anilines is 1. The van der Waals surface area contributed by atoms with Crippen LogP contribution < -0.4 is 4.90 Å². The molecule has 2 aromatic rings. The lowest BCUT2D eigenvalue weighted by Crippen LogP contribution is -2.47. The van der Waals surface area contributed by atoms with Gasteiger partial charge in [-0.1, -0.05) is 48.4 Å². The minimum Gasteiger partial charge on any atom is -0.375 e. The topological polar surface area (TPSA) is 60.9 Å². The maximum absolute atomic E-state index is 13.4. The number of hydrogen-bond donors (Lipinski definition) is 1. The zero-order chi connectivity index (χ0) is 20.6. The van der Waals surface area contributed by atoms with E-state index in [1.165, 1.54) is 6.42 Å². The van der Waals surface area contributed by atoms with Gasteiger partial charge in [-0.05, 0) is 51.4 Å². The molecular weight excluding hydrogens is 364 g/mol. The molecule has 1 N–H and O–H groups in total. The van der Waals surface area contributed by atoms with E-state index < -0.39 is 11.5 Å². The number of amides is 1. The average Bonchev–Trinajstić information content (AvgIpc) is 2.91. The van der Waals surface area contributed by atoms with Crippen LogP contribution in [-0.2, 0) is 10.4 Å². The number of piperidine rings is 1. The third-order valence-electron chi connectivity index (χ3n) is 6.13. The molecule has 2 aliphatic heterocycles. The van der Waals surface area contributed by atoms with Gasteiger partial charge in [0.2, 0.25) is 0 Å². The monoisotopic (exact) mass is 392 g/mol. The standard InChI is InChI=1S/C24H28N2O3/c1-17-10-11-19(18(2)14-17)22(27)15-24(29)20-8-4-5-9-21(20)26(23(24)28)16-25-12-6-3-7-13-25/h4-5,8-11,14,29H,3,6-7,12-13,15-16H2,1-2H3. The first kappa shape index (κ1) is 19.8. The summed E-state index contributed by atoms with van der Waals surface area (Å²) in [4.78, 5) is 30.3. The van der Waals surface area contributed by atoms with Crippen molar-refractivity contribution >= 4 is 17.4 Å². The molecule has 0 spiro atoms. The lowest BCUT2D eigenvalue weighted by molar-refractivity contribution is -0.136. The van der Waals surface area contributed by atoms with Crippen molar-refractivity contribution in [2.75, 3.05) is 24.7 Å². The van der Waals surface area contributed by atoms with Gasteiger partial charge < -0.3 is 5.11 Å². The smallest absolute Gasteiger partial charge is 0.265 e. The molecule has 0 saturated carbocycles. The number of carbonyl (C=O) groups is 2. The van der Waals surface area contributed by atoms with Gasteiger partial charge in [-0.3, -0.25) is 19.4 Å². The van der Waals surface area contributed by atoms with E-state index in [0.717, 1.165) is 37.1 Å². The van der Waals surface area contributed by atoms with Crippen molar-refractivity contribution in [2.45, 2.75) is 45.1 Å². The SMILES string of the molecule is Cc1ccc(C(=O)CC2(O)C(=O)N(CN3CCCCC3)c3ccccc32)c(C)c1. The molecule has 1 unspecified atom stereocenters. The lowest BCUT2D eigenvalue weighted by atomic mass is 9.87. The van der Waals surface area contributed by atoms with Gasteiger partial charge in [0.25, 0.3) is 5.91 Å². The van der Waals surface area contributed by atoms with Crippen LogP contribution in [0.1, 0.15) is 52.7 Å². The van der Waals surface area contributed by atoms with Crippen LogP contribution in [0, 0.1) is 13.8 Å². The maximum atomic E-state index is 13.4.